The Morgan fingerprint density at radius 2 is 1.88 bits per heavy atom. The quantitative estimate of drug-likeness (QED) is 0.739. The van der Waals surface area contributed by atoms with Gasteiger partial charge in [0, 0.05) is 25.4 Å². The molecule has 0 aliphatic heterocycles. The Morgan fingerprint density at radius 1 is 1.24 bits per heavy atom. The highest BCUT2D eigenvalue weighted by Gasteiger charge is 2.33. The molecular formula is C13H22N2OS. The molecule has 2 aliphatic rings. The summed E-state index contributed by atoms with van der Waals surface area (Å²) in [6.45, 7) is 0.728. The largest absolute Gasteiger partial charge is 0.393 e. The fourth-order valence-electron chi connectivity index (χ4n) is 2.71. The summed E-state index contributed by atoms with van der Waals surface area (Å²) in [7, 11) is 0. The SMILES string of the molecule is NC(=S)CCN(C(=O)CC1CCCC1)C1CC1. The van der Waals surface area contributed by atoms with E-state index in [0.29, 0.717) is 29.3 Å². The number of thiocarbonyl (C=S) groups is 1. The van der Waals surface area contributed by atoms with Crippen LogP contribution in [0.5, 0.6) is 0 Å². The Kier molecular flexibility index (Phi) is 4.37. The van der Waals surface area contributed by atoms with Gasteiger partial charge in [-0.3, -0.25) is 4.79 Å². The van der Waals surface area contributed by atoms with E-state index in [9.17, 15) is 4.79 Å². The first-order valence-electron chi connectivity index (χ1n) is 6.74. The average Bonchev–Trinajstić information content (AvgIpc) is 2.97. The Balaban J connectivity index is 1.81. The van der Waals surface area contributed by atoms with E-state index in [0.717, 1.165) is 25.8 Å². The molecule has 0 radical (unpaired) electrons. The summed E-state index contributed by atoms with van der Waals surface area (Å²) in [4.78, 5) is 14.8. The first-order chi connectivity index (χ1) is 8.16. The van der Waals surface area contributed by atoms with Crippen LogP contribution in [0.3, 0.4) is 0 Å². The average molecular weight is 254 g/mol. The van der Waals surface area contributed by atoms with Crippen LogP contribution in [0.4, 0.5) is 0 Å². The maximum absolute atomic E-state index is 12.2. The number of hydrogen-bond acceptors (Lipinski definition) is 2. The lowest BCUT2D eigenvalue weighted by molar-refractivity contribution is -0.132. The van der Waals surface area contributed by atoms with Gasteiger partial charge in [0.15, 0.2) is 0 Å². The number of carbonyl (C=O) groups excluding carboxylic acids is 1. The predicted octanol–water partition coefficient (Wildman–Crippen LogP) is 2.23. The summed E-state index contributed by atoms with van der Waals surface area (Å²) in [5.41, 5.74) is 5.52. The molecule has 0 aromatic heterocycles. The highest BCUT2D eigenvalue weighted by atomic mass is 32.1. The lowest BCUT2D eigenvalue weighted by atomic mass is 10.0. The van der Waals surface area contributed by atoms with Gasteiger partial charge in [-0.1, -0.05) is 25.1 Å². The fraction of sp³-hybridized carbons (Fsp3) is 0.846. The summed E-state index contributed by atoms with van der Waals surface area (Å²) in [5.74, 6) is 0.962. The zero-order chi connectivity index (χ0) is 12.3. The van der Waals surface area contributed by atoms with Crippen molar-refractivity contribution in [3.63, 3.8) is 0 Å². The van der Waals surface area contributed by atoms with Crippen LogP contribution in [0.2, 0.25) is 0 Å². The van der Waals surface area contributed by atoms with Gasteiger partial charge in [0.25, 0.3) is 0 Å². The molecule has 2 saturated carbocycles. The predicted molar refractivity (Wildman–Crippen MR) is 72.7 cm³/mol. The molecule has 0 bridgehead atoms. The van der Waals surface area contributed by atoms with Crippen LogP contribution < -0.4 is 5.73 Å². The first kappa shape index (κ1) is 12.8. The molecule has 0 spiro atoms. The number of amides is 1. The van der Waals surface area contributed by atoms with E-state index < -0.39 is 0 Å². The second-order valence-electron chi connectivity index (χ2n) is 5.39. The van der Waals surface area contributed by atoms with E-state index in [1.807, 2.05) is 4.90 Å². The van der Waals surface area contributed by atoms with Crippen LogP contribution in [-0.4, -0.2) is 28.4 Å². The van der Waals surface area contributed by atoms with Gasteiger partial charge in [0.05, 0.1) is 4.99 Å². The molecule has 17 heavy (non-hydrogen) atoms. The van der Waals surface area contributed by atoms with Crippen LogP contribution in [0, 0.1) is 5.92 Å². The molecule has 2 N–H and O–H groups in total. The standard InChI is InChI=1S/C13H22N2OS/c14-12(17)7-8-15(11-5-6-11)13(16)9-10-3-1-2-4-10/h10-11H,1-9H2,(H2,14,17). The Bertz CT molecular complexity index is 296. The van der Waals surface area contributed by atoms with Crippen molar-refractivity contribution in [2.24, 2.45) is 11.7 Å². The second kappa shape index (κ2) is 5.80. The third kappa shape index (κ3) is 3.95. The molecule has 0 aromatic carbocycles. The van der Waals surface area contributed by atoms with E-state index >= 15 is 0 Å². The normalized spacial score (nSPS) is 20.5. The lowest BCUT2D eigenvalue weighted by Gasteiger charge is -2.23. The van der Waals surface area contributed by atoms with Crippen molar-refractivity contribution in [2.75, 3.05) is 6.54 Å². The third-order valence-electron chi connectivity index (χ3n) is 3.85. The minimum Gasteiger partial charge on any atom is -0.393 e. The topological polar surface area (TPSA) is 46.3 Å². The minimum atomic E-state index is 0.329. The van der Waals surface area contributed by atoms with Crippen molar-refractivity contribution in [3.05, 3.63) is 0 Å². The number of rotatable bonds is 6. The zero-order valence-corrected chi connectivity index (χ0v) is 11.2. The summed E-state index contributed by atoms with van der Waals surface area (Å²) in [6, 6.07) is 0.484. The van der Waals surface area contributed by atoms with Gasteiger partial charge in [-0.05, 0) is 31.6 Å². The van der Waals surface area contributed by atoms with Gasteiger partial charge in [0.1, 0.15) is 0 Å². The van der Waals surface area contributed by atoms with E-state index in [2.05, 4.69) is 0 Å². The molecule has 2 aliphatic carbocycles. The molecule has 1 amide bonds. The van der Waals surface area contributed by atoms with Crippen molar-refractivity contribution in [3.8, 4) is 0 Å². The van der Waals surface area contributed by atoms with Crippen molar-refractivity contribution in [2.45, 2.75) is 57.4 Å². The summed E-state index contributed by atoms with van der Waals surface area (Å²) in [5, 5.41) is 0. The zero-order valence-electron chi connectivity index (χ0n) is 10.4. The van der Waals surface area contributed by atoms with Crippen LogP contribution in [0.15, 0.2) is 0 Å². The van der Waals surface area contributed by atoms with Crippen LogP contribution in [-0.2, 0) is 4.79 Å². The molecule has 2 fully saturated rings. The van der Waals surface area contributed by atoms with E-state index in [4.69, 9.17) is 18.0 Å². The van der Waals surface area contributed by atoms with Crippen LogP contribution >= 0.6 is 12.2 Å². The third-order valence-corrected chi connectivity index (χ3v) is 4.05. The molecule has 2 rings (SSSR count). The van der Waals surface area contributed by atoms with Crippen molar-refractivity contribution in [1.29, 1.82) is 0 Å². The highest BCUT2D eigenvalue weighted by Crippen LogP contribution is 2.31. The monoisotopic (exact) mass is 254 g/mol. The van der Waals surface area contributed by atoms with Crippen LogP contribution in [0.25, 0.3) is 0 Å². The Morgan fingerprint density at radius 3 is 2.41 bits per heavy atom. The van der Waals surface area contributed by atoms with Crippen molar-refractivity contribution < 1.29 is 4.79 Å². The smallest absolute Gasteiger partial charge is 0.223 e. The number of carbonyl (C=O) groups is 1. The van der Waals surface area contributed by atoms with Gasteiger partial charge >= 0.3 is 0 Å². The molecule has 96 valence electrons. The highest BCUT2D eigenvalue weighted by molar-refractivity contribution is 7.80. The lowest BCUT2D eigenvalue weighted by Crippen LogP contribution is -2.36. The fourth-order valence-corrected chi connectivity index (χ4v) is 2.80. The van der Waals surface area contributed by atoms with Crippen molar-refractivity contribution in [1.82, 2.24) is 4.90 Å². The molecule has 0 aromatic rings. The van der Waals surface area contributed by atoms with Crippen molar-refractivity contribution >= 4 is 23.1 Å². The van der Waals surface area contributed by atoms with E-state index in [1.165, 1.54) is 25.7 Å². The Hall–Kier alpha value is -0.640. The second-order valence-corrected chi connectivity index (χ2v) is 5.91. The molecule has 4 heteroatoms. The van der Waals surface area contributed by atoms with Crippen LogP contribution in [0.1, 0.15) is 51.4 Å². The Labute approximate surface area is 109 Å². The molecule has 0 atom stereocenters. The number of hydrogen-bond donors (Lipinski definition) is 1. The van der Waals surface area contributed by atoms with Gasteiger partial charge in [-0.25, -0.2) is 0 Å². The van der Waals surface area contributed by atoms with Gasteiger partial charge in [-0.2, -0.15) is 0 Å². The van der Waals surface area contributed by atoms with Gasteiger partial charge in [0.2, 0.25) is 5.91 Å². The van der Waals surface area contributed by atoms with Gasteiger partial charge < -0.3 is 10.6 Å². The maximum Gasteiger partial charge on any atom is 0.223 e. The van der Waals surface area contributed by atoms with E-state index in [-0.39, 0.29) is 0 Å². The molecule has 3 nitrogen and oxygen atoms in total. The molecular weight excluding hydrogens is 232 g/mol. The maximum atomic E-state index is 12.2. The van der Waals surface area contributed by atoms with E-state index in [1.54, 1.807) is 0 Å². The summed E-state index contributed by atoms with van der Waals surface area (Å²) >= 11 is 4.89. The number of nitrogens with zero attached hydrogens (tertiary/aromatic N) is 1. The molecule has 0 saturated heterocycles. The molecule has 0 unspecified atom stereocenters. The van der Waals surface area contributed by atoms with Gasteiger partial charge in [-0.15, -0.1) is 0 Å². The summed E-state index contributed by atoms with van der Waals surface area (Å²) in [6.07, 6.45) is 8.80. The summed E-state index contributed by atoms with van der Waals surface area (Å²) < 4.78 is 0. The minimum absolute atomic E-state index is 0.329. The molecule has 0 heterocycles. The number of nitrogens with two attached hydrogens (primary N) is 1. The first-order valence-corrected chi connectivity index (χ1v) is 7.15.